The van der Waals surface area contributed by atoms with Crippen LogP contribution in [-0.2, 0) is 9.47 Å². The van der Waals surface area contributed by atoms with E-state index in [4.69, 9.17) is 9.47 Å². The first-order valence-corrected chi connectivity index (χ1v) is 8.02. The number of ether oxygens (including phenoxy) is 2. The molecule has 2 rings (SSSR count). The Morgan fingerprint density at radius 3 is 2.47 bits per heavy atom. The highest BCUT2D eigenvalue weighted by Crippen LogP contribution is 2.40. The predicted molar refractivity (Wildman–Crippen MR) is 78.4 cm³/mol. The van der Waals surface area contributed by atoms with Crippen molar-refractivity contribution < 1.29 is 9.47 Å². The normalized spacial score (nSPS) is 29.5. The summed E-state index contributed by atoms with van der Waals surface area (Å²) in [5, 5.41) is 3.63. The van der Waals surface area contributed by atoms with Crippen LogP contribution in [-0.4, -0.2) is 38.0 Å². The molecule has 0 aliphatic carbocycles. The molecule has 0 amide bonds. The van der Waals surface area contributed by atoms with Gasteiger partial charge in [-0.1, -0.05) is 6.92 Å². The van der Waals surface area contributed by atoms with Crippen molar-refractivity contribution in [3.8, 4) is 0 Å². The third kappa shape index (κ3) is 4.44. The first-order valence-electron chi connectivity index (χ1n) is 8.02. The molecule has 2 saturated heterocycles. The van der Waals surface area contributed by atoms with Crippen molar-refractivity contribution in [1.82, 2.24) is 5.32 Å². The summed E-state index contributed by atoms with van der Waals surface area (Å²) >= 11 is 0. The Hall–Kier alpha value is -0.120. The van der Waals surface area contributed by atoms with Crippen LogP contribution in [0.15, 0.2) is 0 Å². The van der Waals surface area contributed by atoms with Gasteiger partial charge in [0.2, 0.25) is 0 Å². The van der Waals surface area contributed by atoms with E-state index in [1.165, 1.54) is 38.5 Å². The average Bonchev–Trinajstić information content (AvgIpc) is 2.70. The van der Waals surface area contributed by atoms with Gasteiger partial charge in [-0.25, -0.2) is 0 Å². The Morgan fingerprint density at radius 2 is 1.89 bits per heavy atom. The van der Waals surface area contributed by atoms with Crippen molar-refractivity contribution in [3.63, 3.8) is 0 Å². The molecule has 0 radical (unpaired) electrons. The highest BCUT2D eigenvalue weighted by atomic mass is 16.5. The maximum absolute atomic E-state index is 6.21. The molecule has 0 spiro atoms. The van der Waals surface area contributed by atoms with Crippen molar-refractivity contribution in [2.45, 2.75) is 71.0 Å². The summed E-state index contributed by atoms with van der Waals surface area (Å²) in [4.78, 5) is 0. The third-order valence-corrected chi connectivity index (χ3v) is 4.69. The lowest BCUT2D eigenvalue weighted by Gasteiger charge is -2.39. The zero-order valence-corrected chi connectivity index (χ0v) is 13.0. The van der Waals surface area contributed by atoms with Crippen LogP contribution in [0.1, 0.15) is 59.3 Å². The quantitative estimate of drug-likeness (QED) is 0.752. The summed E-state index contributed by atoms with van der Waals surface area (Å²) in [6.45, 7) is 10.8. The summed E-state index contributed by atoms with van der Waals surface area (Å²) < 4.78 is 11.8. The zero-order valence-electron chi connectivity index (χ0n) is 13.0. The van der Waals surface area contributed by atoms with Gasteiger partial charge in [0, 0.05) is 19.8 Å². The van der Waals surface area contributed by atoms with Gasteiger partial charge in [0.15, 0.2) is 0 Å². The average molecular weight is 269 g/mol. The highest BCUT2D eigenvalue weighted by Gasteiger charge is 2.39. The van der Waals surface area contributed by atoms with Crippen LogP contribution in [0.2, 0.25) is 0 Å². The molecule has 0 saturated carbocycles. The number of hydrogen-bond donors (Lipinski definition) is 1. The van der Waals surface area contributed by atoms with Crippen LogP contribution in [0.5, 0.6) is 0 Å². The van der Waals surface area contributed by atoms with Gasteiger partial charge in [0.05, 0.1) is 11.7 Å². The molecule has 2 fully saturated rings. The molecule has 0 bridgehead atoms. The lowest BCUT2D eigenvalue weighted by atomic mass is 9.75. The van der Waals surface area contributed by atoms with E-state index < -0.39 is 0 Å². The summed E-state index contributed by atoms with van der Waals surface area (Å²) in [5.41, 5.74) is 0.492. The largest absolute Gasteiger partial charge is 0.381 e. The van der Waals surface area contributed by atoms with Crippen LogP contribution in [0.4, 0.5) is 0 Å². The smallest absolute Gasteiger partial charge is 0.0631 e. The van der Waals surface area contributed by atoms with Crippen LogP contribution in [0, 0.1) is 5.41 Å². The van der Waals surface area contributed by atoms with Crippen molar-refractivity contribution in [1.29, 1.82) is 0 Å². The van der Waals surface area contributed by atoms with Crippen LogP contribution in [0.25, 0.3) is 0 Å². The van der Waals surface area contributed by atoms with E-state index in [0.717, 1.165) is 26.3 Å². The Bertz CT molecular complexity index is 272. The zero-order chi connectivity index (χ0) is 13.8. The van der Waals surface area contributed by atoms with Gasteiger partial charge in [-0.3, -0.25) is 0 Å². The number of hydrogen-bond acceptors (Lipinski definition) is 3. The van der Waals surface area contributed by atoms with Gasteiger partial charge in [-0.2, -0.15) is 0 Å². The topological polar surface area (TPSA) is 30.5 Å². The van der Waals surface area contributed by atoms with Gasteiger partial charge < -0.3 is 14.8 Å². The number of rotatable bonds is 6. The molecular weight excluding hydrogens is 238 g/mol. The molecular formula is C16H31NO2. The predicted octanol–water partition coefficient (Wildman–Crippen LogP) is 3.13. The SMILES string of the molecule is CCCNCC1(CC2CCC(C)(C)O2)CCOCC1. The Kier molecular flexibility index (Phi) is 5.27. The Morgan fingerprint density at radius 1 is 1.16 bits per heavy atom. The molecule has 1 unspecified atom stereocenters. The second-order valence-corrected chi connectivity index (χ2v) is 7.03. The fourth-order valence-corrected chi connectivity index (χ4v) is 3.49. The van der Waals surface area contributed by atoms with Gasteiger partial charge in [0.25, 0.3) is 0 Å². The first-order chi connectivity index (χ1) is 9.05. The third-order valence-electron chi connectivity index (χ3n) is 4.69. The minimum atomic E-state index is 0.0911. The van der Waals surface area contributed by atoms with Gasteiger partial charge in [0.1, 0.15) is 0 Å². The van der Waals surface area contributed by atoms with Gasteiger partial charge in [-0.05, 0) is 64.3 Å². The molecule has 2 aliphatic rings. The minimum Gasteiger partial charge on any atom is -0.381 e. The Balaban J connectivity index is 1.90. The van der Waals surface area contributed by atoms with Crippen molar-refractivity contribution in [2.75, 3.05) is 26.3 Å². The molecule has 2 aliphatic heterocycles. The van der Waals surface area contributed by atoms with Gasteiger partial charge in [-0.15, -0.1) is 0 Å². The van der Waals surface area contributed by atoms with E-state index in [1.807, 2.05) is 0 Å². The van der Waals surface area contributed by atoms with Gasteiger partial charge >= 0.3 is 0 Å². The van der Waals surface area contributed by atoms with Crippen molar-refractivity contribution in [3.05, 3.63) is 0 Å². The Labute approximate surface area is 118 Å². The molecule has 3 heteroatoms. The maximum Gasteiger partial charge on any atom is 0.0631 e. The van der Waals surface area contributed by atoms with E-state index in [2.05, 4.69) is 26.1 Å². The monoisotopic (exact) mass is 269 g/mol. The molecule has 19 heavy (non-hydrogen) atoms. The lowest BCUT2D eigenvalue weighted by molar-refractivity contribution is -0.0583. The van der Waals surface area contributed by atoms with E-state index in [9.17, 15) is 0 Å². The van der Waals surface area contributed by atoms with Crippen LogP contribution < -0.4 is 5.32 Å². The second kappa shape index (κ2) is 6.55. The van der Waals surface area contributed by atoms with Crippen molar-refractivity contribution >= 4 is 0 Å². The van der Waals surface area contributed by atoms with Crippen LogP contribution >= 0.6 is 0 Å². The number of nitrogens with one attached hydrogen (secondary N) is 1. The summed E-state index contributed by atoms with van der Waals surface area (Å²) in [7, 11) is 0. The van der Waals surface area contributed by atoms with Crippen molar-refractivity contribution in [2.24, 2.45) is 5.41 Å². The summed E-state index contributed by atoms with van der Waals surface area (Å²) in [6.07, 6.45) is 7.66. The fourth-order valence-electron chi connectivity index (χ4n) is 3.49. The molecule has 1 atom stereocenters. The fraction of sp³-hybridized carbons (Fsp3) is 1.00. The summed E-state index contributed by atoms with van der Waals surface area (Å²) in [5.74, 6) is 0. The van der Waals surface area contributed by atoms with E-state index in [1.54, 1.807) is 0 Å². The minimum absolute atomic E-state index is 0.0911. The van der Waals surface area contributed by atoms with Crippen LogP contribution in [0.3, 0.4) is 0 Å². The lowest BCUT2D eigenvalue weighted by Crippen LogP contribution is -2.42. The molecule has 112 valence electrons. The molecule has 3 nitrogen and oxygen atoms in total. The molecule has 1 N–H and O–H groups in total. The summed E-state index contributed by atoms with van der Waals surface area (Å²) in [6, 6.07) is 0. The van der Waals surface area contributed by atoms with E-state index >= 15 is 0 Å². The molecule has 0 aromatic rings. The van der Waals surface area contributed by atoms with E-state index in [0.29, 0.717) is 11.5 Å². The first kappa shape index (κ1) is 15.3. The molecule has 0 aromatic carbocycles. The molecule has 0 aromatic heterocycles. The maximum atomic E-state index is 6.21. The second-order valence-electron chi connectivity index (χ2n) is 7.03. The molecule has 2 heterocycles. The highest BCUT2D eigenvalue weighted by molar-refractivity contribution is 4.90. The van der Waals surface area contributed by atoms with E-state index in [-0.39, 0.29) is 5.60 Å². The standard InChI is InChI=1S/C16H31NO2/c1-4-9-17-13-16(7-10-18-11-8-16)12-14-5-6-15(2,3)19-14/h14,17H,4-13H2,1-3H3.